The van der Waals surface area contributed by atoms with E-state index in [0.29, 0.717) is 17.2 Å². The number of aromatic nitrogens is 2. The standard InChI is InChI=1S/C13H14N4O2/c1-8(11-6-3-7-19-11)14-17-13(18)12-9-4-2-5-10(9)15-16-12/h3,6-7H,2,4-5H2,1H3,(H,15,16)(H,17,18)/b14-8-. The topological polar surface area (TPSA) is 83.3 Å². The van der Waals surface area contributed by atoms with Crippen molar-refractivity contribution in [1.29, 1.82) is 0 Å². The number of nitrogens with one attached hydrogen (secondary N) is 2. The number of aromatic amines is 1. The van der Waals surface area contributed by atoms with Crippen LogP contribution < -0.4 is 5.43 Å². The second-order valence-electron chi connectivity index (χ2n) is 4.50. The van der Waals surface area contributed by atoms with E-state index in [-0.39, 0.29) is 5.91 Å². The molecule has 1 aliphatic rings. The van der Waals surface area contributed by atoms with Crippen LogP contribution in [0.5, 0.6) is 0 Å². The Kier molecular flexibility index (Phi) is 2.91. The van der Waals surface area contributed by atoms with Crippen molar-refractivity contribution in [2.75, 3.05) is 0 Å². The van der Waals surface area contributed by atoms with Crippen LogP contribution in [0.2, 0.25) is 0 Å². The first-order valence-electron chi connectivity index (χ1n) is 6.20. The summed E-state index contributed by atoms with van der Waals surface area (Å²) in [5, 5.41) is 11.0. The van der Waals surface area contributed by atoms with E-state index < -0.39 is 0 Å². The van der Waals surface area contributed by atoms with E-state index in [4.69, 9.17) is 4.42 Å². The SMILES string of the molecule is C/C(=N/NC(=O)c1n[nH]c2c1CCC2)c1ccco1. The Hall–Kier alpha value is -2.37. The molecule has 19 heavy (non-hydrogen) atoms. The second kappa shape index (κ2) is 4.72. The van der Waals surface area contributed by atoms with Crippen LogP contribution in [0, 0.1) is 0 Å². The maximum Gasteiger partial charge on any atom is 0.292 e. The minimum Gasteiger partial charge on any atom is -0.463 e. The molecule has 2 aromatic rings. The minimum absolute atomic E-state index is 0.287. The Labute approximate surface area is 109 Å². The van der Waals surface area contributed by atoms with Gasteiger partial charge in [0.1, 0.15) is 11.5 Å². The third-order valence-electron chi connectivity index (χ3n) is 3.22. The predicted octanol–water partition coefficient (Wildman–Crippen LogP) is 1.65. The highest BCUT2D eigenvalue weighted by Crippen LogP contribution is 2.22. The predicted molar refractivity (Wildman–Crippen MR) is 69.0 cm³/mol. The summed E-state index contributed by atoms with van der Waals surface area (Å²) in [6.45, 7) is 1.77. The monoisotopic (exact) mass is 258 g/mol. The Bertz CT molecular complexity index is 625. The number of amides is 1. The van der Waals surface area contributed by atoms with Crippen molar-refractivity contribution in [2.24, 2.45) is 5.10 Å². The minimum atomic E-state index is -0.287. The third kappa shape index (κ3) is 2.16. The van der Waals surface area contributed by atoms with Crippen LogP contribution in [0.25, 0.3) is 0 Å². The van der Waals surface area contributed by atoms with Crippen LogP contribution in [0.3, 0.4) is 0 Å². The number of hydrazone groups is 1. The van der Waals surface area contributed by atoms with Crippen LogP contribution in [-0.2, 0) is 12.8 Å². The number of nitrogens with zero attached hydrogens (tertiary/aromatic N) is 2. The summed E-state index contributed by atoms with van der Waals surface area (Å²) < 4.78 is 5.19. The normalized spacial score (nSPS) is 14.5. The van der Waals surface area contributed by atoms with Gasteiger partial charge in [-0.1, -0.05) is 0 Å². The zero-order chi connectivity index (χ0) is 13.2. The average Bonchev–Trinajstić information content (AvgIpc) is 3.10. The van der Waals surface area contributed by atoms with Gasteiger partial charge in [0.25, 0.3) is 5.91 Å². The molecule has 0 aliphatic heterocycles. The Morgan fingerprint density at radius 2 is 2.42 bits per heavy atom. The molecule has 0 bridgehead atoms. The highest BCUT2D eigenvalue weighted by Gasteiger charge is 2.22. The smallest absolute Gasteiger partial charge is 0.292 e. The molecule has 1 amide bonds. The zero-order valence-corrected chi connectivity index (χ0v) is 10.6. The van der Waals surface area contributed by atoms with Gasteiger partial charge in [-0.2, -0.15) is 10.2 Å². The van der Waals surface area contributed by atoms with Crippen LogP contribution in [0.1, 0.15) is 40.9 Å². The summed E-state index contributed by atoms with van der Waals surface area (Å²) in [7, 11) is 0. The Morgan fingerprint density at radius 1 is 1.53 bits per heavy atom. The van der Waals surface area contributed by atoms with E-state index >= 15 is 0 Å². The lowest BCUT2D eigenvalue weighted by atomic mass is 10.2. The molecule has 0 fully saturated rings. The number of furan rings is 1. The second-order valence-corrected chi connectivity index (χ2v) is 4.50. The fourth-order valence-electron chi connectivity index (χ4n) is 2.23. The molecule has 1 aliphatic carbocycles. The van der Waals surface area contributed by atoms with Crippen molar-refractivity contribution >= 4 is 11.6 Å². The average molecular weight is 258 g/mol. The molecule has 0 saturated carbocycles. The molecular formula is C13H14N4O2. The van der Waals surface area contributed by atoms with Crippen molar-refractivity contribution in [3.63, 3.8) is 0 Å². The highest BCUT2D eigenvalue weighted by atomic mass is 16.3. The first-order valence-corrected chi connectivity index (χ1v) is 6.20. The van der Waals surface area contributed by atoms with Gasteiger partial charge in [-0.15, -0.1) is 0 Å². The number of carbonyl (C=O) groups is 1. The summed E-state index contributed by atoms with van der Waals surface area (Å²) in [5.74, 6) is 0.345. The van der Waals surface area contributed by atoms with Crippen LogP contribution in [0.15, 0.2) is 27.9 Å². The first-order chi connectivity index (χ1) is 9.25. The van der Waals surface area contributed by atoms with E-state index in [2.05, 4.69) is 20.7 Å². The van der Waals surface area contributed by atoms with Crippen LogP contribution in [0.4, 0.5) is 0 Å². The molecule has 0 atom stereocenters. The maximum absolute atomic E-state index is 12.0. The van der Waals surface area contributed by atoms with Crippen molar-refractivity contribution in [3.05, 3.63) is 41.1 Å². The Balaban J connectivity index is 1.73. The van der Waals surface area contributed by atoms with E-state index in [9.17, 15) is 4.79 Å². The van der Waals surface area contributed by atoms with Gasteiger partial charge >= 0.3 is 0 Å². The van der Waals surface area contributed by atoms with Gasteiger partial charge in [-0.3, -0.25) is 9.89 Å². The lowest BCUT2D eigenvalue weighted by molar-refractivity contribution is 0.0949. The summed E-state index contributed by atoms with van der Waals surface area (Å²) in [5.41, 5.74) is 5.66. The number of hydrogen-bond acceptors (Lipinski definition) is 4. The molecule has 6 heteroatoms. The quantitative estimate of drug-likeness (QED) is 0.648. The molecule has 0 aromatic carbocycles. The summed E-state index contributed by atoms with van der Waals surface area (Å²) >= 11 is 0. The number of fused-ring (bicyclic) bond motifs is 1. The van der Waals surface area contributed by atoms with Gasteiger partial charge in [0.05, 0.1) is 6.26 Å². The van der Waals surface area contributed by atoms with Gasteiger partial charge in [0.15, 0.2) is 5.69 Å². The van der Waals surface area contributed by atoms with Gasteiger partial charge in [0.2, 0.25) is 0 Å². The summed E-state index contributed by atoms with van der Waals surface area (Å²) in [6, 6.07) is 3.56. The number of hydrogen-bond donors (Lipinski definition) is 2. The van der Waals surface area contributed by atoms with Gasteiger partial charge < -0.3 is 4.42 Å². The molecule has 0 radical (unpaired) electrons. The maximum atomic E-state index is 12.0. The molecule has 6 nitrogen and oxygen atoms in total. The van der Waals surface area contributed by atoms with E-state index in [1.165, 1.54) is 0 Å². The zero-order valence-electron chi connectivity index (χ0n) is 10.6. The number of aryl methyl sites for hydroxylation is 1. The summed E-state index contributed by atoms with van der Waals surface area (Å²) in [4.78, 5) is 12.0. The van der Waals surface area contributed by atoms with Gasteiger partial charge in [0, 0.05) is 11.3 Å². The van der Waals surface area contributed by atoms with Gasteiger partial charge in [-0.05, 0) is 38.3 Å². The fraction of sp³-hybridized carbons (Fsp3) is 0.308. The number of rotatable bonds is 3. The lowest BCUT2D eigenvalue weighted by Gasteiger charge is -2.00. The molecule has 2 aromatic heterocycles. The molecule has 0 spiro atoms. The van der Waals surface area contributed by atoms with Crippen LogP contribution >= 0.6 is 0 Å². The number of H-pyrrole nitrogens is 1. The van der Waals surface area contributed by atoms with Crippen LogP contribution in [-0.4, -0.2) is 21.8 Å². The molecule has 2 N–H and O–H groups in total. The summed E-state index contributed by atoms with van der Waals surface area (Å²) in [6.07, 6.45) is 4.50. The van der Waals surface area contributed by atoms with Crippen molar-refractivity contribution in [3.8, 4) is 0 Å². The molecule has 0 unspecified atom stereocenters. The van der Waals surface area contributed by atoms with E-state index in [1.807, 2.05) is 0 Å². The highest BCUT2D eigenvalue weighted by molar-refractivity contribution is 5.99. The third-order valence-corrected chi connectivity index (χ3v) is 3.22. The largest absolute Gasteiger partial charge is 0.463 e. The first kappa shape index (κ1) is 11.7. The Morgan fingerprint density at radius 3 is 3.21 bits per heavy atom. The molecule has 2 heterocycles. The lowest BCUT2D eigenvalue weighted by Crippen LogP contribution is -2.20. The molecular weight excluding hydrogens is 244 g/mol. The molecule has 0 saturated heterocycles. The molecule has 98 valence electrons. The van der Waals surface area contributed by atoms with Crippen molar-refractivity contribution in [1.82, 2.24) is 15.6 Å². The molecule has 3 rings (SSSR count). The van der Waals surface area contributed by atoms with Crippen molar-refractivity contribution < 1.29 is 9.21 Å². The van der Waals surface area contributed by atoms with Gasteiger partial charge in [-0.25, -0.2) is 5.43 Å². The number of carbonyl (C=O) groups excluding carboxylic acids is 1. The fourth-order valence-corrected chi connectivity index (χ4v) is 2.23. The van der Waals surface area contributed by atoms with E-state index in [1.54, 1.807) is 25.3 Å². The van der Waals surface area contributed by atoms with E-state index in [0.717, 1.165) is 30.5 Å². The van der Waals surface area contributed by atoms with Crippen molar-refractivity contribution in [2.45, 2.75) is 26.2 Å².